The topological polar surface area (TPSA) is 129 Å². The Morgan fingerprint density at radius 3 is 2.69 bits per heavy atom. The Bertz CT molecular complexity index is 828. The van der Waals surface area contributed by atoms with E-state index in [0.29, 0.717) is 6.20 Å². The van der Waals surface area contributed by atoms with Gasteiger partial charge in [-0.2, -0.15) is 4.39 Å². The minimum absolute atomic E-state index is 0.163. The Hall–Kier alpha value is -1.50. The zero-order valence-corrected chi connectivity index (χ0v) is 13.9. The van der Waals surface area contributed by atoms with Gasteiger partial charge in [-0.1, -0.05) is 0 Å². The highest BCUT2D eigenvalue weighted by molar-refractivity contribution is 7.48. The summed E-state index contributed by atoms with van der Waals surface area (Å²) in [5.74, 6) is -4.52. The molecule has 3 atom stereocenters. The second kappa shape index (κ2) is 6.91. The molecule has 0 radical (unpaired) electrons. The fourth-order valence-electron chi connectivity index (χ4n) is 2.38. The molecule has 2 N–H and O–H groups in total. The monoisotopic (exact) mass is 402 g/mol. The highest BCUT2D eigenvalue weighted by Gasteiger charge is 2.45. The van der Waals surface area contributed by atoms with Gasteiger partial charge in [0.15, 0.2) is 0 Å². The van der Waals surface area contributed by atoms with Crippen LogP contribution in [0.15, 0.2) is 15.8 Å². The first-order valence-electron chi connectivity index (χ1n) is 7.34. The molecular weight excluding hydrogens is 388 g/mol. The van der Waals surface area contributed by atoms with Crippen molar-refractivity contribution < 1.29 is 41.2 Å². The first kappa shape index (κ1) is 19.3. The predicted octanol–water partition coefficient (Wildman–Crippen LogP) is 0.131. The van der Waals surface area contributed by atoms with Crippen molar-refractivity contribution in [3.8, 4) is 0 Å². The third kappa shape index (κ3) is 4.08. The molecule has 0 amide bonds. The number of phosphoric acid groups is 1. The summed E-state index contributed by atoms with van der Waals surface area (Å²) in [4.78, 5) is 24.5. The lowest BCUT2D eigenvalue weighted by molar-refractivity contribution is -0.122. The molecule has 146 valence electrons. The van der Waals surface area contributed by atoms with E-state index >= 15 is 0 Å². The average Bonchev–Trinajstić information content (AvgIpc) is 2.93. The maximum absolute atomic E-state index is 13.3. The maximum atomic E-state index is 13.3. The van der Waals surface area contributed by atoms with Crippen LogP contribution in [0.4, 0.5) is 13.2 Å². The quantitative estimate of drug-likeness (QED) is 0.680. The van der Waals surface area contributed by atoms with Gasteiger partial charge in [0.1, 0.15) is 25.5 Å². The second-order valence-corrected chi connectivity index (χ2v) is 7.39. The first-order chi connectivity index (χ1) is 12.1. The fraction of sp³-hybridized carbons (Fsp3) is 0.667. The number of hydrogen-bond acceptors (Lipinski definition) is 8. The lowest BCUT2D eigenvalue weighted by Crippen LogP contribution is -2.35. The Labute approximate surface area is 143 Å². The van der Waals surface area contributed by atoms with Crippen LogP contribution in [0, 0.1) is 5.82 Å². The molecule has 2 fully saturated rings. The van der Waals surface area contributed by atoms with Crippen LogP contribution < -0.4 is 11.2 Å². The number of nitrogens with zero attached hydrogens (tertiary/aromatic N) is 1. The van der Waals surface area contributed by atoms with Gasteiger partial charge < -0.3 is 9.84 Å². The number of ether oxygens (including phenoxy) is 1. The van der Waals surface area contributed by atoms with Crippen LogP contribution in [-0.4, -0.2) is 52.6 Å². The number of phosphoric ester groups is 1. The van der Waals surface area contributed by atoms with Crippen molar-refractivity contribution in [2.45, 2.75) is 30.8 Å². The van der Waals surface area contributed by atoms with E-state index in [2.05, 4.69) is 9.05 Å². The van der Waals surface area contributed by atoms with E-state index in [1.807, 2.05) is 0 Å². The number of halogens is 3. The van der Waals surface area contributed by atoms with Crippen molar-refractivity contribution in [3.05, 3.63) is 32.9 Å². The number of rotatable bonds is 4. The number of alkyl halides is 2. The Kier molecular flexibility index (Phi) is 5.12. The summed E-state index contributed by atoms with van der Waals surface area (Å²) in [5.41, 5.74) is -2.16. The van der Waals surface area contributed by atoms with E-state index in [1.165, 1.54) is 0 Å². The van der Waals surface area contributed by atoms with Gasteiger partial charge in [0.25, 0.3) is 11.5 Å². The summed E-state index contributed by atoms with van der Waals surface area (Å²) in [7, 11) is -4.24. The molecule has 0 saturated carbocycles. The molecule has 2 aliphatic heterocycles. The molecular formula is C12H14F3N2O8P. The van der Waals surface area contributed by atoms with E-state index in [4.69, 9.17) is 9.26 Å². The highest BCUT2D eigenvalue weighted by Crippen LogP contribution is 2.54. The van der Waals surface area contributed by atoms with Crippen LogP contribution >= 0.6 is 7.82 Å². The Morgan fingerprint density at radius 1 is 1.38 bits per heavy atom. The molecule has 3 heterocycles. The van der Waals surface area contributed by atoms with E-state index in [9.17, 15) is 32.4 Å². The normalized spacial score (nSPS) is 30.4. The Morgan fingerprint density at radius 2 is 2.04 bits per heavy atom. The minimum Gasteiger partial charge on any atom is -0.390 e. The first-order valence-corrected chi connectivity index (χ1v) is 8.81. The molecule has 0 aromatic carbocycles. The molecule has 1 aromatic heterocycles. The average molecular weight is 402 g/mol. The van der Waals surface area contributed by atoms with Crippen LogP contribution in [0.2, 0.25) is 0 Å². The number of aliphatic hydroxyl groups excluding tert-OH is 1. The van der Waals surface area contributed by atoms with E-state index < -0.39 is 69.1 Å². The lowest BCUT2D eigenvalue weighted by Gasteiger charge is -2.28. The summed E-state index contributed by atoms with van der Waals surface area (Å²) < 4.78 is 70.9. The minimum atomic E-state index is -4.24. The van der Waals surface area contributed by atoms with E-state index in [-0.39, 0.29) is 6.42 Å². The fourth-order valence-corrected chi connectivity index (χ4v) is 3.62. The molecule has 3 rings (SSSR count). The lowest BCUT2D eigenvalue weighted by atomic mass is 10.2. The van der Waals surface area contributed by atoms with Crippen molar-refractivity contribution in [2.75, 3.05) is 19.8 Å². The molecule has 0 bridgehead atoms. The molecule has 10 nitrogen and oxygen atoms in total. The van der Waals surface area contributed by atoms with Crippen LogP contribution in [0.1, 0.15) is 12.6 Å². The van der Waals surface area contributed by atoms with Gasteiger partial charge in [0.2, 0.25) is 5.82 Å². The van der Waals surface area contributed by atoms with Gasteiger partial charge in [-0.05, 0) is 0 Å². The van der Waals surface area contributed by atoms with Gasteiger partial charge >= 0.3 is 13.5 Å². The number of hydrogen-bond donors (Lipinski definition) is 2. The zero-order chi connectivity index (χ0) is 19.1. The van der Waals surface area contributed by atoms with Crippen molar-refractivity contribution in [1.29, 1.82) is 0 Å². The van der Waals surface area contributed by atoms with Crippen molar-refractivity contribution in [3.63, 3.8) is 0 Å². The summed E-state index contributed by atoms with van der Waals surface area (Å²) >= 11 is 0. The number of aromatic amines is 1. The molecule has 0 aliphatic carbocycles. The summed E-state index contributed by atoms with van der Waals surface area (Å²) in [5, 5.41) is 9.95. The van der Waals surface area contributed by atoms with Gasteiger partial charge in [0, 0.05) is 6.42 Å². The van der Waals surface area contributed by atoms with Crippen LogP contribution in [0.25, 0.3) is 0 Å². The van der Waals surface area contributed by atoms with Gasteiger partial charge in [-0.15, -0.1) is 0 Å². The summed E-state index contributed by atoms with van der Waals surface area (Å²) in [6, 6.07) is 0. The van der Waals surface area contributed by atoms with Crippen molar-refractivity contribution in [1.82, 2.24) is 9.55 Å². The molecule has 2 aliphatic rings. The van der Waals surface area contributed by atoms with Gasteiger partial charge in [-0.3, -0.25) is 27.9 Å². The number of nitrogens with one attached hydrogen (secondary N) is 1. The van der Waals surface area contributed by atoms with E-state index in [0.717, 1.165) is 4.57 Å². The molecule has 2 saturated heterocycles. The van der Waals surface area contributed by atoms with E-state index in [1.54, 1.807) is 4.98 Å². The third-order valence-electron chi connectivity index (χ3n) is 3.70. The highest BCUT2D eigenvalue weighted by atomic mass is 31.2. The van der Waals surface area contributed by atoms with Crippen LogP contribution in [0.5, 0.6) is 0 Å². The molecule has 14 heteroatoms. The largest absolute Gasteiger partial charge is 0.475 e. The maximum Gasteiger partial charge on any atom is 0.475 e. The molecule has 1 aromatic rings. The van der Waals surface area contributed by atoms with Crippen LogP contribution in [0.3, 0.4) is 0 Å². The van der Waals surface area contributed by atoms with Crippen molar-refractivity contribution in [2.24, 2.45) is 0 Å². The molecule has 26 heavy (non-hydrogen) atoms. The zero-order valence-electron chi connectivity index (χ0n) is 13.0. The predicted molar refractivity (Wildman–Crippen MR) is 76.2 cm³/mol. The summed E-state index contributed by atoms with van der Waals surface area (Å²) in [6.07, 6.45) is -3.00. The SMILES string of the molecule is O=c1[nH]c(=O)n([C@H]2C[C@H](O)[C@@H](COP3(=O)OCC(F)(F)CO3)O2)cc1F. The van der Waals surface area contributed by atoms with Gasteiger partial charge in [0.05, 0.1) is 18.9 Å². The molecule has 0 spiro atoms. The molecule has 0 unspecified atom stereocenters. The smallest absolute Gasteiger partial charge is 0.390 e. The third-order valence-corrected chi connectivity index (χ3v) is 5.06. The number of aliphatic hydroxyl groups is 1. The Balaban J connectivity index is 1.63. The van der Waals surface area contributed by atoms with Crippen molar-refractivity contribution >= 4 is 7.82 Å². The standard InChI is InChI=1S/C12H14F3N2O8P/c13-6-2-17(11(20)16-10(6)19)9-1-7(18)8(25-9)3-22-26(21)23-4-12(14,15)5-24-26/h2,7-9,18H,1,3-5H2,(H,16,19,20)/t7-,8+,9+/m0/s1. The number of H-pyrrole nitrogens is 1. The number of aromatic nitrogens is 2. The van der Waals surface area contributed by atoms with Crippen LogP contribution in [-0.2, 0) is 22.9 Å². The summed E-state index contributed by atoms with van der Waals surface area (Å²) in [6.45, 7) is -2.85. The van der Waals surface area contributed by atoms with Gasteiger partial charge in [-0.25, -0.2) is 18.1 Å². The second-order valence-electron chi connectivity index (χ2n) is 5.72.